The number of carboxylic acid groups (broad SMARTS) is 2. The molecule has 441 valence electrons. The van der Waals surface area contributed by atoms with E-state index in [1.54, 1.807) is 74.2 Å². The third-order valence-corrected chi connectivity index (χ3v) is 11.4. The third-order valence-electron chi connectivity index (χ3n) is 11.2. The number of nitrogens with zero attached hydrogens (tertiary/aromatic N) is 6. The van der Waals surface area contributed by atoms with Crippen LogP contribution in [0.1, 0.15) is 71.7 Å². The average molecular weight is 1220 g/mol. The molecule has 5 atom stereocenters. The van der Waals surface area contributed by atoms with Crippen molar-refractivity contribution in [3.8, 4) is 0 Å². The summed E-state index contributed by atoms with van der Waals surface area (Å²) in [4.78, 5) is 136. The van der Waals surface area contributed by atoms with Crippen molar-refractivity contribution in [1.29, 1.82) is 0 Å². The van der Waals surface area contributed by atoms with E-state index in [2.05, 4.69) is 70.8 Å². The van der Waals surface area contributed by atoms with Crippen molar-refractivity contribution in [1.82, 2.24) is 50.6 Å². The number of amides is 7. The quantitative estimate of drug-likeness (QED) is 0.0102. The van der Waals surface area contributed by atoms with Crippen LogP contribution in [0.3, 0.4) is 0 Å². The topological polar surface area (TPSA) is 496 Å². The van der Waals surface area contributed by atoms with Crippen molar-refractivity contribution < 1.29 is 96.9 Å². The fourth-order valence-electron chi connectivity index (χ4n) is 6.79. The number of carbonyl (C=O) groups is 10. The number of nitrogens with two attached hydrogens (primary N) is 2. The Morgan fingerprint density at radius 3 is 1.96 bits per heavy atom. The molecule has 1 unspecified atom stereocenters. The summed E-state index contributed by atoms with van der Waals surface area (Å²) in [5.74, 6) is -7.69. The Kier molecular flexibility index (Phi) is 31.7. The number of aliphatic imine (C=N–C) groups is 1. The van der Waals surface area contributed by atoms with Gasteiger partial charge in [-0.15, -0.1) is 0 Å². The number of aliphatic hydroxyl groups excluding tert-OH is 3. The smallest absolute Gasteiger partial charge is 0.305 e. The Bertz CT molecular complexity index is 2630. The number of ether oxygens (including phenoxy) is 1. The molecule has 1 aliphatic heterocycles. The van der Waals surface area contributed by atoms with Gasteiger partial charge < -0.3 is 79.0 Å². The van der Waals surface area contributed by atoms with Crippen molar-refractivity contribution >= 4 is 71.0 Å². The fraction of sp³-hybridized carbons (Fsp3) is 0.449. The minimum atomic E-state index is -1.60. The van der Waals surface area contributed by atoms with Crippen LogP contribution in [0.25, 0.3) is 5.32 Å². The molecule has 0 saturated carbocycles. The van der Waals surface area contributed by atoms with E-state index in [0.717, 1.165) is 0 Å². The molecule has 1 fully saturated rings. The van der Waals surface area contributed by atoms with Gasteiger partial charge in [0.25, 0.3) is 11.9 Å². The number of esters is 1. The van der Waals surface area contributed by atoms with Crippen LogP contribution in [0.2, 0.25) is 0 Å². The third kappa shape index (κ3) is 26.8. The summed E-state index contributed by atoms with van der Waals surface area (Å²) in [5.41, 5.74) is 10.8. The number of aliphatic hydroxyl groups is 3. The molecule has 7 amide bonds. The molecule has 0 radical (unpaired) electrons. The Morgan fingerprint density at radius 1 is 0.790 bits per heavy atom. The van der Waals surface area contributed by atoms with Crippen LogP contribution in [0.15, 0.2) is 83.3 Å². The molecule has 4 rings (SSSR count). The maximum Gasteiger partial charge on any atom is 0.305 e. The van der Waals surface area contributed by atoms with Gasteiger partial charge in [-0.3, -0.25) is 48.3 Å². The van der Waals surface area contributed by atoms with E-state index in [1.165, 1.54) is 31.8 Å². The zero-order valence-corrected chi connectivity index (χ0v) is 46.0. The molecule has 3 aromatic rings. The van der Waals surface area contributed by atoms with Gasteiger partial charge in [-0.25, -0.2) is 4.79 Å². The first kappa shape index (κ1) is 68.6. The van der Waals surface area contributed by atoms with Crippen LogP contribution >= 0.6 is 0 Å². The zero-order chi connectivity index (χ0) is 60.3. The van der Waals surface area contributed by atoms with E-state index >= 15 is 0 Å². The monoisotopic (exact) mass is 1220 g/mol. The van der Waals surface area contributed by atoms with Crippen molar-refractivity contribution in [2.45, 2.75) is 87.6 Å². The van der Waals surface area contributed by atoms with Crippen LogP contribution in [-0.2, 0) is 68.2 Å². The molecule has 2 aromatic heterocycles. The molecular formula is C49H67N15O16Tc. The van der Waals surface area contributed by atoms with Gasteiger partial charge in [0.15, 0.2) is 5.96 Å². The summed E-state index contributed by atoms with van der Waals surface area (Å²) in [6.45, 7) is -1.01. The van der Waals surface area contributed by atoms with Gasteiger partial charge in [0.1, 0.15) is 30.2 Å². The maximum atomic E-state index is 13.9. The molecule has 0 aliphatic carbocycles. The maximum absolute atomic E-state index is 13.9. The van der Waals surface area contributed by atoms with Gasteiger partial charge in [0.05, 0.1) is 20.1 Å². The summed E-state index contributed by atoms with van der Waals surface area (Å²) in [7, 11) is 1.28. The van der Waals surface area contributed by atoms with Gasteiger partial charge in [-0.1, -0.05) is 35.9 Å². The normalized spacial score (nSPS) is 16.9. The predicted octanol–water partition coefficient (Wildman–Crippen LogP) is -3.76. The van der Waals surface area contributed by atoms with E-state index in [1.807, 2.05) is 0 Å². The molecule has 1 aromatic carbocycles. The Balaban J connectivity index is 0.000000673. The fourth-order valence-corrected chi connectivity index (χ4v) is 6.98. The summed E-state index contributed by atoms with van der Waals surface area (Å²) in [6, 6.07) is 8.89. The summed E-state index contributed by atoms with van der Waals surface area (Å²) >= 11 is 1.71. The van der Waals surface area contributed by atoms with E-state index in [0.29, 0.717) is 35.3 Å². The van der Waals surface area contributed by atoms with Crippen LogP contribution < -0.4 is 52.1 Å². The van der Waals surface area contributed by atoms with Crippen molar-refractivity contribution in [3.63, 3.8) is 0 Å². The second kappa shape index (κ2) is 37.4. The number of carbonyl (C=O) groups excluding carboxylic acids is 8. The van der Waals surface area contributed by atoms with Gasteiger partial charge in [0.2, 0.25) is 29.5 Å². The van der Waals surface area contributed by atoms with Crippen LogP contribution in [0.5, 0.6) is 0 Å². The number of unbranched alkanes of at least 4 members (excludes halogenated alkanes) is 1. The molecule has 3 heterocycles. The molecule has 1 aliphatic rings. The van der Waals surface area contributed by atoms with Crippen molar-refractivity contribution in [2.75, 3.05) is 53.1 Å². The van der Waals surface area contributed by atoms with Gasteiger partial charge in [0, 0.05) is 50.7 Å². The SMILES string of the molecule is COC(=O)C(C)NC(=O)c1ccncc1.NC(N)=NCCC[C@@H]1NC(=O)[C@H](CCCCNC(=O)c2ccc(N=[N+]=[Tc])nc2)NC(=O)[C@@H](Cc2ccccc2)NC(=O)[C@H](CC(=O)O)NC(=O)CNC1=O.O=C(O)C[N-]C(CO)(CO)CO. The molecule has 0 bridgehead atoms. The number of nitrogens with one attached hydrogen (secondary N) is 7. The van der Waals surface area contributed by atoms with E-state index in [4.69, 9.17) is 31.9 Å². The van der Waals surface area contributed by atoms with Gasteiger partial charge >= 0.3 is 116 Å². The summed E-state index contributed by atoms with van der Waals surface area (Å²) in [6.07, 6.45) is 4.57. The predicted molar refractivity (Wildman–Crippen MR) is 281 cm³/mol. The average Bonchev–Trinajstić information content (AvgIpc) is 3.46. The van der Waals surface area contributed by atoms with Crippen LogP contribution in [-0.4, -0.2) is 190 Å². The number of benzene rings is 1. The number of aromatic nitrogens is 2. The number of hydrogen-bond acceptors (Lipinski definition) is 18. The molecule has 0 spiro atoms. The number of pyridine rings is 2. The largest absolute Gasteiger partial charge is 0.642 e. The minimum Gasteiger partial charge on any atom is -0.642 e. The molecule has 32 heteroatoms. The first-order valence-electron chi connectivity index (χ1n) is 24.7. The first-order valence-corrected chi connectivity index (χ1v) is 25.5. The first-order chi connectivity index (χ1) is 38.6. The van der Waals surface area contributed by atoms with Gasteiger partial charge in [-0.2, -0.15) is 0 Å². The standard InChI is InChI=1S/C33H43N12O8.C10H12N2O3.C6H12NO5.Tc/c34-33(35)38-14-6-10-21-29(50)40-18-26(46)41-24(16-27(47)48)32(53)44-23(15-19-7-2-1-3-8-19)31(52)43-22(30(51)42-21)9-4-5-13-37-28(49)20-11-12-25(45-36)39-17-20;1-7(10(14)15-2)12-9(13)8-3-5-11-6-4-8;8-2-6(3-9,4-10)7-1-5(11)12;/h1-3,7-8,11-12,17,21-24H,4-6,9-10,13-16,18H2,(H,37,49)(H,40,50)(H,41,46)(H,42,51)(H,43,52)(H,44,53)(H,47,48)(H4,34,35,38);3-7H,1-2H3,(H,12,13);8-10H,1-4H2,(H,11,12);/q-1;;-1;+2/t21-,22-,23+,24-;;;/m0.../s1. The van der Waals surface area contributed by atoms with E-state index < -0.39 is 123 Å². The Hall–Kier alpha value is -8.51. The molecule has 1 saturated heterocycles. The van der Waals surface area contributed by atoms with Crippen molar-refractivity contribution in [2.24, 2.45) is 21.6 Å². The number of methoxy groups -OCH3 is 1. The van der Waals surface area contributed by atoms with Crippen molar-refractivity contribution in [3.05, 3.63) is 95.2 Å². The van der Waals surface area contributed by atoms with E-state index in [9.17, 15) is 53.1 Å². The second-order valence-electron chi connectivity index (χ2n) is 17.5. The van der Waals surface area contributed by atoms with Crippen LogP contribution in [0, 0.1) is 0 Å². The molecule has 16 N–H and O–H groups in total. The molecule has 31 nitrogen and oxygen atoms in total. The van der Waals surface area contributed by atoms with Gasteiger partial charge in [-0.05, 0) is 44.0 Å². The zero-order valence-electron chi connectivity index (χ0n) is 44.2. The Morgan fingerprint density at radius 2 is 1.40 bits per heavy atom. The number of rotatable bonds is 24. The molecular weight excluding hydrogens is 1150 g/mol. The number of hydrogen-bond donors (Lipinski definition) is 14. The second-order valence-corrected chi connectivity index (χ2v) is 17.8. The number of carboxylic acids is 2. The number of aliphatic carboxylic acids is 2. The van der Waals surface area contributed by atoms with E-state index in [-0.39, 0.29) is 56.5 Å². The van der Waals surface area contributed by atoms with Crippen LogP contribution in [0.4, 0.5) is 5.82 Å². The molecule has 81 heavy (non-hydrogen) atoms. The summed E-state index contributed by atoms with van der Waals surface area (Å²) < 4.78 is 8.09. The Labute approximate surface area is 474 Å². The number of guanidine groups is 1. The minimum absolute atomic E-state index is 0.0394. The summed E-state index contributed by atoms with van der Waals surface area (Å²) in [5, 5.41) is 68.8.